The molecule has 0 aliphatic rings. The van der Waals surface area contributed by atoms with Crippen molar-refractivity contribution in [2.24, 2.45) is 0 Å². The largest absolute Gasteiger partial charge is 0.351 e. The van der Waals surface area contributed by atoms with E-state index in [2.05, 4.69) is 21.2 Å². The highest BCUT2D eigenvalue weighted by atomic mass is 79.9. The van der Waals surface area contributed by atoms with E-state index in [1.165, 1.54) is 6.07 Å². The Morgan fingerprint density at radius 2 is 1.89 bits per heavy atom. The summed E-state index contributed by atoms with van der Waals surface area (Å²) in [6, 6.07) is 4.99. The maximum absolute atomic E-state index is 13.8. The molecule has 0 aliphatic heterocycles. The third-order valence-corrected chi connectivity index (χ3v) is 3.31. The topological polar surface area (TPSA) is 30.5 Å². The van der Waals surface area contributed by atoms with Crippen LogP contribution in [0.3, 0.4) is 0 Å². The van der Waals surface area contributed by atoms with Crippen molar-refractivity contribution < 1.29 is 13.9 Å². The van der Waals surface area contributed by atoms with E-state index < -0.39 is 0 Å². The summed E-state index contributed by atoms with van der Waals surface area (Å²) in [6.45, 7) is 4.95. The fourth-order valence-corrected chi connectivity index (χ4v) is 2.20. The zero-order valence-corrected chi connectivity index (χ0v) is 13.2. The number of rotatable bonds is 8. The quantitative estimate of drug-likeness (QED) is 0.741. The number of benzene rings is 1. The first-order valence-electron chi connectivity index (χ1n) is 6.46. The fraction of sp³-hybridized carbons (Fsp3) is 0.571. The molecule has 0 aromatic heterocycles. The molecule has 0 fully saturated rings. The number of nitrogens with one attached hydrogen (secondary N) is 1. The van der Waals surface area contributed by atoms with Gasteiger partial charge in [0.25, 0.3) is 0 Å². The van der Waals surface area contributed by atoms with E-state index in [4.69, 9.17) is 9.47 Å². The molecule has 1 atom stereocenters. The summed E-state index contributed by atoms with van der Waals surface area (Å²) in [5.41, 5.74) is 0.645. The Morgan fingerprint density at radius 1 is 1.26 bits per heavy atom. The Hall–Kier alpha value is -0.490. The van der Waals surface area contributed by atoms with Crippen LogP contribution in [0.5, 0.6) is 0 Å². The molecule has 19 heavy (non-hydrogen) atoms. The lowest BCUT2D eigenvalue weighted by atomic mass is 10.0. The molecule has 5 heteroatoms. The minimum Gasteiger partial charge on any atom is -0.351 e. The molecule has 1 aromatic rings. The SMILES string of the molecule is CCOC(OCC)C(Cc1ccc(Br)cc1F)NC. The number of hydrogen-bond acceptors (Lipinski definition) is 3. The van der Waals surface area contributed by atoms with Crippen molar-refractivity contribution in [1.29, 1.82) is 0 Å². The van der Waals surface area contributed by atoms with E-state index in [9.17, 15) is 4.39 Å². The lowest BCUT2D eigenvalue weighted by Gasteiger charge is -2.26. The van der Waals surface area contributed by atoms with Gasteiger partial charge in [0.1, 0.15) is 5.82 Å². The molecular weight excluding hydrogens is 313 g/mol. The Balaban J connectivity index is 2.78. The van der Waals surface area contributed by atoms with Gasteiger partial charge >= 0.3 is 0 Å². The van der Waals surface area contributed by atoms with Gasteiger partial charge in [-0.15, -0.1) is 0 Å². The predicted molar refractivity (Wildman–Crippen MR) is 77.7 cm³/mol. The van der Waals surface area contributed by atoms with Gasteiger partial charge < -0.3 is 14.8 Å². The molecule has 1 N–H and O–H groups in total. The molecular formula is C14H21BrFNO2. The highest BCUT2D eigenvalue weighted by molar-refractivity contribution is 9.10. The van der Waals surface area contributed by atoms with Crippen LogP contribution < -0.4 is 5.32 Å². The third-order valence-electron chi connectivity index (χ3n) is 2.82. The van der Waals surface area contributed by atoms with Gasteiger partial charge in [-0.1, -0.05) is 22.0 Å². The Bertz CT molecular complexity index is 384. The van der Waals surface area contributed by atoms with Gasteiger partial charge in [-0.25, -0.2) is 4.39 Å². The summed E-state index contributed by atoms with van der Waals surface area (Å²) in [4.78, 5) is 0. The molecule has 0 saturated heterocycles. The van der Waals surface area contributed by atoms with Crippen molar-refractivity contribution in [2.45, 2.75) is 32.6 Å². The molecule has 1 unspecified atom stereocenters. The second-order valence-corrected chi connectivity index (χ2v) is 5.03. The zero-order valence-electron chi connectivity index (χ0n) is 11.6. The normalized spacial score (nSPS) is 12.9. The Labute approximate surface area is 122 Å². The van der Waals surface area contributed by atoms with E-state index in [0.717, 1.165) is 4.47 Å². The molecule has 0 radical (unpaired) electrons. The number of hydrogen-bond donors (Lipinski definition) is 1. The van der Waals surface area contributed by atoms with E-state index >= 15 is 0 Å². The van der Waals surface area contributed by atoms with Crippen molar-refractivity contribution in [3.8, 4) is 0 Å². The molecule has 0 aliphatic carbocycles. The van der Waals surface area contributed by atoms with Gasteiger partial charge in [0.05, 0.1) is 6.04 Å². The van der Waals surface area contributed by atoms with Crippen LogP contribution in [0, 0.1) is 5.82 Å². The summed E-state index contributed by atoms with van der Waals surface area (Å²) in [5, 5.41) is 3.13. The second-order valence-electron chi connectivity index (χ2n) is 4.11. The van der Waals surface area contributed by atoms with Crippen molar-refractivity contribution in [2.75, 3.05) is 20.3 Å². The predicted octanol–water partition coefficient (Wildman–Crippen LogP) is 3.12. The van der Waals surface area contributed by atoms with E-state index in [1.807, 2.05) is 27.0 Å². The van der Waals surface area contributed by atoms with Crippen molar-refractivity contribution in [3.05, 3.63) is 34.1 Å². The van der Waals surface area contributed by atoms with Crippen LogP contribution in [0.1, 0.15) is 19.4 Å². The smallest absolute Gasteiger partial charge is 0.172 e. The minimum atomic E-state index is -0.372. The molecule has 0 amide bonds. The maximum atomic E-state index is 13.8. The highest BCUT2D eigenvalue weighted by Crippen LogP contribution is 2.18. The first-order chi connectivity index (χ1) is 9.12. The summed E-state index contributed by atoms with van der Waals surface area (Å²) in [7, 11) is 1.83. The standard InChI is InChI=1S/C14H21BrFNO2/c1-4-18-14(19-5-2)13(17-3)8-10-6-7-11(15)9-12(10)16/h6-7,9,13-14,17H,4-5,8H2,1-3H3. The number of likely N-dealkylation sites (N-methyl/N-ethyl adjacent to an activating group) is 1. The van der Waals surface area contributed by atoms with Crippen LogP contribution in [0.2, 0.25) is 0 Å². The molecule has 0 bridgehead atoms. The van der Waals surface area contributed by atoms with Crippen LogP contribution in [0.25, 0.3) is 0 Å². The van der Waals surface area contributed by atoms with E-state index in [1.54, 1.807) is 6.07 Å². The van der Waals surface area contributed by atoms with Crippen LogP contribution in [-0.2, 0) is 15.9 Å². The van der Waals surface area contributed by atoms with Crippen molar-refractivity contribution in [3.63, 3.8) is 0 Å². The third kappa shape index (κ3) is 5.18. The lowest BCUT2D eigenvalue weighted by Crippen LogP contribution is -2.43. The molecule has 1 aromatic carbocycles. The molecule has 108 valence electrons. The maximum Gasteiger partial charge on any atom is 0.172 e. The summed E-state index contributed by atoms with van der Waals surface area (Å²) >= 11 is 3.25. The molecule has 0 heterocycles. The van der Waals surface area contributed by atoms with Gasteiger partial charge in [0, 0.05) is 17.7 Å². The molecule has 0 spiro atoms. The van der Waals surface area contributed by atoms with Gasteiger partial charge in [-0.3, -0.25) is 0 Å². The van der Waals surface area contributed by atoms with Crippen LogP contribution in [-0.4, -0.2) is 32.6 Å². The van der Waals surface area contributed by atoms with Gasteiger partial charge in [0.15, 0.2) is 6.29 Å². The molecule has 0 saturated carbocycles. The Kier molecular flexibility index (Phi) is 7.53. The zero-order chi connectivity index (χ0) is 14.3. The summed E-state index contributed by atoms with van der Waals surface area (Å²) in [6.07, 6.45) is 0.142. The lowest BCUT2D eigenvalue weighted by molar-refractivity contribution is -0.152. The van der Waals surface area contributed by atoms with Gasteiger partial charge in [-0.2, -0.15) is 0 Å². The average molecular weight is 334 g/mol. The summed E-state index contributed by atoms with van der Waals surface area (Å²) in [5.74, 6) is -0.221. The average Bonchev–Trinajstić information content (AvgIpc) is 2.38. The van der Waals surface area contributed by atoms with Crippen molar-refractivity contribution >= 4 is 15.9 Å². The van der Waals surface area contributed by atoms with Gasteiger partial charge in [-0.05, 0) is 45.0 Å². The molecule has 3 nitrogen and oxygen atoms in total. The fourth-order valence-electron chi connectivity index (χ4n) is 1.87. The first-order valence-corrected chi connectivity index (χ1v) is 7.26. The van der Waals surface area contributed by atoms with Gasteiger partial charge in [0.2, 0.25) is 0 Å². The van der Waals surface area contributed by atoms with E-state index in [0.29, 0.717) is 25.2 Å². The number of halogens is 2. The van der Waals surface area contributed by atoms with E-state index in [-0.39, 0.29) is 18.1 Å². The number of ether oxygens (including phenoxy) is 2. The molecule has 1 rings (SSSR count). The first kappa shape index (κ1) is 16.6. The highest BCUT2D eigenvalue weighted by Gasteiger charge is 2.22. The van der Waals surface area contributed by atoms with Crippen LogP contribution >= 0.6 is 15.9 Å². The second kappa shape index (κ2) is 8.64. The van der Waals surface area contributed by atoms with Crippen LogP contribution in [0.4, 0.5) is 4.39 Å². The Morgan fingerprint density at radius 3 is 2.37 bits per heavy atom. The monoisotopic (exact) mass is 333 g/mol. The van der Waals surface area contributed by atoms with Crippen LogP contribution in [0.15, 0.2) is 22.7 Å². The van der Waals surface area contributed by atoms with Crippen molar-refractivity contribution in [1.82, 2.24) is 5.32 Å². The summed E-state index contributed by atoms with van der Waals surface area (Å²) < 4.78 is 25.7. The minimum absolute atomic E-state index is 0.0874.